The molecular formula is C60H36F3N5. The number of aromatic nitrogens is 4. The van der Waals surface area contributed by atoms with E-state index in [0.717, 1.165) is 77.3 Å². The largest absolute Gasteiger partial charge is 0.418 e. The minimum atomic E-state index is -4.80. The lowest BCUT2D eigenvalue weighted by Crippen LogP contribution is -2.13. The number of nitrogens with zero attached hydrogens (tertiary/aromatic N) is 5. The van der Waals surface area contributed by atoms with Gasteiger partial charge in [0, 0.05) is 61.8 Å². The van der Waals surface area contributed by atoms with Gasteiger partial charge in [-0.2, -0.15) is 13.2 Å². The number of hydrogen-bond acceptors (Lipinski definition) is 2. The van der Waals surface area contributed by atoms with E-state index in [1.807, 2.05) is 168 Å². The monoisotopic (exact) mass is 883 g/mol. The smallest absolute Gasteiger partial charge is 0.309 e. The van der Waals surface area contributed by atoms with Gasteiger partial charge in [-0.05, 0) is 71.3 Å². The first kappa shape index (κ1) is 40.4. The maximum Gasteiger partial charge on any atom is 0.418 e. The van der Waals surface area contributed by atoms with Crippen molar-refractivity contribution in [1.29, 1.82) is 0 Å². The normalized spacial score (nSPS) is 11.7. The van der Waals surface area contributed by atoms with Crippen LogP contribution in [0.3, 0.4) is 0 Å². The van der Waals surface area contributed by atoms with Gasteiger partial charge >= 0.3 is 6.18 Å². The van der Waals surface area contributed by atoms with Gasteiger partial charge in [-0.1, -0.05) is 152 Å². The van der Waals surface area contributed by atoms with Gasteiger partial charge in [0.05, 0.1) is 57.0 Å². The molecule has 0 spiro atoms. The van der Waals surface area contributed by atoms with Crippen molar-refractivity contribution in [3.63, 3.8) is 0 Å². The average molecular weight is 884 g/mol. The second-order valence-electron chi connectivity index (χ2n) is 16.7. The summed E-state index contributed by atoms with van der Waals surface area (Å²) in [6.07, 6.45) is -1.28. The Labute approximate surface area is 389 Å². The fraction of sp³-hybridized carbons (Fsp3) is 0.0167. The molecule has 8 heteroatoms. The zero-order chi connectivity index (χ0) is 45.9. The summed E-state index contributed by atoms with van der Waals surface area (Å²) < 4.78 is 52.7. The molecule has 322 valence electrons. The van der Waals surface area contributed by atoms with Crippen molar-refractivity contribution >= 4 is 49.3 Å². The summed E-state index contributed by atoms with van der Waals surface area (Å²) in [5.41, 5.74) is 10.6. The van der Waals surface area contributed by atoms with Gasteiger partial charge in [0.25, 0.3) is 0 Å². The van der Waals surface area contributed by atoms with Gasteiger partial charge in [0.1, 0.15) is 0 Å². The van der Waals surface area contributed by atoms with Gasteiger partial charge in [-0.3, -0.25) is 9.97 Å². The summed E-state index contributed by atoms with van der Waals surface area (Å²) in [6, 6.07) is 65.2. The minimum Gasteiger partial charge on any atom is -0.309 e. The van der Waals surface area contributed by atoms with Crippen LogP contribution in [-0.4, -0.2) is 19.1 Å². The van der Waals surface area contributed by atoms with Crippen molar-refractivity contribution in [3.05, 3.63) is 236 Å². The van der Waals surface area contributed by atoms with Gasteiger partial charge in [0.15, 0.2) is 5.69 Å². The molecular weight excluding hydrogens is 848 g/mol. The third kappa shape index (κ3) is 6.71. The minimum absolute atomic E-state index is 0.0356. The Kier molecular flexibility index (Phi) is 9.59. The van der Waals surface area contributed by atoms with E-state index in [9.17, 15) is 0 Å². The van der Waals surface area contributed by atoms with Crippen molar-refractivity contribution < 1.29 is 13.2 Å². The second kappa shape index (κ2) is 16.1. The first-order valence-electron chi connectivity index (χ1n) is 22.2. The molecule has 4 heterocycles. The van der Waals surface area contributed by atoms with Crippen LogP contribution in [0.1, 0.15) is 5.56 Å². The standard InChI is InChI=1S/C60H36F3N5/c1-64-43-20-12-19-40(33-43)50-36-57(68-53-26-11-9-22-47(53)49-30-28-42(35-55(49)68)45-24-14-32-66-59(45)39-17-6-3-7-18-39)51(60(61,62)63)37-56(50)67-52-25-10-8-21-46(52)48-29-27-41(34-54(48)67)44-23-13-31-65-58(44)38-15-4-2-5-16-38/h2-37H. The molecule has 12 aromatic rings. The lowest BCUT2D eigenvalue weighted by molar-refractivity contribution is -0.137. The highest BCUT2D eigenvalue weighted by atomic mass is 19.4. The number of rotatable bonds is 7. The molecule has 0 aliphatic carbocycles. The van der Waals surface area contributed by atoms with Crippen LogP contribution in [0.5, 0.6) is 0 Å². The van der Waals surface area contributed by atoms with Crippen molar-refractivity contribution in [3.8, 4) is 67.3 Å². The van der Waals surface area contributed by atoms with Gasteiger partial charge in [-0.25, -0.2) is 4.85 Å². The predicted molar refractivity (Wildman–Crippen MR) is 269 cm³/mol. The molecule has 5 nitrogen and oxygen atoms in total. The van der Waals surface area contributed by atoms with E-state index in [2.05, 4.69) is 17.0 Å². The molecule has 0 amide bonds. The highest BCUT2D eigenvalue weighted by molar-refractivity contribution is 6.12. The third-order valence-electron chi connectivity index (χ3n) is 12.9. The number of alkyl halides is 3. The SMILES string of the molecule is [C-]#[N+]c1cccc(-c2cc(-n3c4ccccc4c4ccc(-c5cccnc5-c5ccccc5)cc43)c(C(F)(F)F)cc2-n2c3ccccc3c3ccc(-c4cccnc4-c4ccccc4)cc32)c1. The van der Waals surface area contributed by atoms with Crippen LogP contribution in [0.15, 0.2) is 219 Å². The summed E-state index contributed by atoms with van der Waals surface area (Å²) in [4.78, 5) is 13.3. The fourth-order valence-corrected chi connectivity index (χ4v) is 9.87. The van der Waals surface area contributed by atoms with Gasteiger partial charge in [0.2, 0.25) is 0 Å². The summed E-state index contributed by atoms with van der Waals surface area (Å²) in [7, 11) is 0. The zero-order valence-corrected chi connectivity index (χ0v) is 36.2. The molecule has 0 N–H and O–H groups in total. The van der Waals surface area contributed by atoms with Crippen LogP contribution in [0, 0.1) is 6.57 Å². The summed E-state index contributed by atoms with van der Waals surface area (Å²) in [6.45, 7) is 7.97. The lowest BCUT2D eigenvalue weighted by Gasteiger charge is -2.22. The Morgan fingerprint density at radius 2 is 0.853 bits per heavy atom. The highest BCUT2D eigenvalue weighted by Crippen LogP contribution is 2.47. The van der Waals surface area contributed by atoms with Gasteiger partial charge in [-0.15, -0.1) is 0 Å². The van der Waals surface area contributed by atoms with Crippen molar-refractivity contribution in [1.82, 2.24) is 19.1 Å². The quantitative estimate of drug-likeness (QED) is 0.150. The second-order valence-corrected chi connectivity index (χ2v) is 16.7. The van der Waals surface area contributed by atoms with Crippen LogP contribution in [0.25, 0.3) is 116 Å². The topological polar surface area (TPSA) is 40.0 Å². The van der Waals surface area contributed by atoms with E-state index < -0.39 is 11.7 Å². The molecule has 0 fully saturated rings. The Hall–Kier alpha value is -9.06. The van der Waals surface area contributed by atoms with Crippen LogP contribution in [-0.2, 0) is 6.18 Å². The Balaban J connectivity index is 1.17. The molecule has 12 rings (SSSR count). The van der Waals surface area contributed by atoms with E-state index in [4.69, 9.17) is 16.5 Å². The van der Waals surface area contributed by atoms with E-state index in [1.165, 1.54) is 6.07 Å². The Morgan fingerprint density at radius 1 is 0.382 bits per heavy atom. The molecule has 0 aliphatic heterocycles. The van der Waals surface area contributed by atoms with E-state index in [0.29, 0.717) is 33.5 Å². The van der Waals surface area contributed by atoms with Crippen molar-refractivity contribution in [2.24, 2.45) is 0 Å². The maximum absolute atomic E-state index is 16.3. The van der Waals surface area contributed by atoms with E-state index in [-0.39, 0.29) is 5.69 Å². The molecule has 0 radical (unpaired) electrons. The van der Waals surface area contributed by atoms with Crippen molar-refractivity contribution in [2.75, 3.05) is 0 Å². The number of pyridine rings is 2. The van der Waals surface area contributed by atoms with Crippen molar-refractivity contribution in [2.45, 2.75) is 6.18 Å². The predicted octanol–water partition coefficient (Wildman–Crippen LogP) is 16.6. The highest BCUT2D eigenvalue weighted by Gasteiger charge is 2.37. The molecule has 0 aliphatic rings. The third-order valence-corrected chi connectivity index (χ3v) is 12.9. The van der Waals surface area contributed by atoms with E-state index >= 15 is 13.2 Å². The summed E-state index contributed by atoms with van der Waals surface area (Å²) >= 11 is 0. The number of fused-ring (bicyclic) bond motifs is 6. The lowest BCUT2D eigenvalue weighted by atomic mass is 9.97. The molecule has 0 bridgehead atoms. The fourth-order valence-electron chi connectivity index (χ4n) is 9.87. The maximum atomic E-state index is 16.3. The number of para-hydroxylation sites is 2. The molecule has 0 atom stereocenters. The van der Waals surface area contributed by atoms with Crippen LogP contribution < -0.4 is 0 Å². The number of hydrogen-bond donors (Lipinski definition) is 0. The Morgan fingerprint density at radius 3 is 1.38 bits per heavy atom. The van der Waals surface area contributed by atoms with Crippen LogP contribution in [0.4, 0.5) is 18.9 Å². The molecule has 8 aromatic carbocycles. The molecule has 0 saturated carbocycles. The first-order valence-corrected chi connectivity index (χ1v) is 22.2. The molecule has 4 aromatic heterocycles. The zero-order valence-electron chi connectivity index (χ0n) is 36.2. The number of halogens is 3. The van der Waals surface area contributed by atoms with Crippen LogP contribution >= 0.6 is 0 Å². The number of benzene rings is 8. The van der Waals surface area contributed by atoms with Crippen LogP contribution in [0.2, 0.25) is 0 Å². The average Bonchev–Trinajstić information content (AvgIpc) is 3.90. The Bertz CT molecular complexity index is 3970. The molecule has 0 unspecified atom stereocenters. The molecule has 68 heavy (non-hydrogen) atoms. The summed E-state index contributed by atoms with van der Waals surface area (Å²) in [5, 5.41) is 3.40. The summed E-state index contributed by atoms with van der Waals surface area (Å²) in [5.74, 6) is 0. The first-order chi connectivity index (χ1) is 33.3. The van der Waals surface area contributed by atoms with E-state index in [1.54, 1.807) is 41.2 Å². The van der Waals surface area contributed by atoms with Gasteiger partial charge < -0.3 is 9.13 Å². The molecule has 0 saturated heterocycles.